The Kier molecular flexibility index (Phi) is 8.96. The van der Waals surface area contributed by atoms with Gasteiger partial charge in [0.15, 0.2) is 0 Å². The Morgan fingerprint density at radius 3 is 2.72 bits per heavy atom. The number of aryl methyl sites for hydroxylation is 1. The lowest BCUT2D eigenvalue weighted by molar-refractivity contribution is -0.119. The molecule has 5 nitrogen and oxygen atoms in total. The lowest BCUT2D eigenvalue weighted by atomic mass is 9.91. The van der Waals surface area contributed by atoms with Crippen molar-refractivity contribution in [2.45, 2.75) is 51.3 Å². The maximum atomic E-state index is 11.3. The predicted molar refractivity (Wildman–Crippen MR) is 117 cm³/mol. The third-order valence-electron chi connectivity index (χ3n) is 5.31. The summed E-state index contributed by atoms with van der Waals surface area (Å²) >= 11 is 0. The minimum atomic E-state index is -0.491. The van der Waals surface area contributed by atoms with Gasteiger partial charge in [-0.25, -0.2) is 0 Å². The minimum Gasteiger partial charge on any atom is -0.491 e. The second-order valence-corrected chi connectivity index (χ2v) is 7.68. The number of nitrogens with one attached hydrogen (secondary N) is 1. The van der Waals surface area contributed by atoms with Gasteiger partial charge in [0.25, 0.3) is 0 Å². The number of carbonyl (C=O) groups is 1. The quantitative estimate of drug-likeness (QED) is 0.474. The maximum Gasteiger partial charge on any atom is 0.218 e. The van der Waals surface area contributed by atoms with Crippen LogP contribution < -0.4 is 15.8 Å². The molecule has 158 valence electrons. The summed E-state index contributed by atoms with van der Waals surface area (Å²) in [5.41, 5.74) is 9.63. The lowest BCUT2D eigenvalue weighted by Gasteiger charge is -2.20. The molecule has 2 aromatic rings. The molecule has 0 radical (unpaired) electrons. The van der Waals surface area contributed by atoms with Crippen LogP contribution in [0.3, 0.4) is 0 Å². The maximum absolute atomic E-state index is 11.3. The minimum absolute atomic E-state index is 0. The first-order valence-electron chi connectivity index (χ1n) is 10.0. The molecule has 0 heterocycles. The molecular formula is C23H31ClN2O3. The highest BCUT2D eigenvalue weighted by atomic mass is 35.5. The van der Waals surface area contributed by atoms with Crippen LogP contribution in [0.25, 0.3) is 0 Å². The summed E-state index contributed by atoms with van der Waals surface area (Å²) in [5.74, 6) is 1.05. The van der Waals surface area contributed by atoms with Crippen LogP contribution >= 0.6 is 12.4 Å². The van der Waals surface area contributed by atoms with E-state index in [2.05, 4.69) is 17.4 Å². The number of fused-ring (bicyclic) bond motifs is 1. The van der Waals surface area contributed by atoms with E-state index in [0.717, 1.165) is 37.0 Å². The Morgan fingerprint density at radius 2 is 2.00 bits per heavy atom. The van der Waals surface area contributed by atoms with Gasteiger partial charge < -0.3 is 20.9 Å². The van der Waals surface area contributed by atoms with Crippen molar-refractivity contribution in [2.24, 2.45) is 11.7 Å². The molecule has 1 amide bonds. The number of ether oxygens (including phenoxy) is 1. The van der Waals surface area contributed by atoms with E-state index in [9.17, 15) is 9.90 Å². The average molecular weight is 419 g/mol. The fraction of sp³-hybridized carbons (Fsp3) is 0.435. The van der Waals surface area contributed by atoms with Gasteiger partial charge in [0.1, 0.15) is 18.5 Å². The van der Waals surface area contributed by atoms with Gasteiger partial charge >= 0.3 is 0 Å². The van der Waals surface area contributed by atoms with E-state index in [0.29, 0.717) is 18.9 Å². The van der Waals surface area contributed by atoms with Crippen LogP contribution in [0.2, 0.25) is 0 Å². The Morgan fingerprint density at radius 1 is 1.24 bits per heavy atom. The zero-order valence-corrected chi connectivity index (χ0v) is 17.7. The third kappa shape index (κ3) is 7.03. The van der Waals surface area contributed by atoms with Gasteiger partial charge in [0.05, 0.1) is 6.10 Å². The van der Waals surface area contributed by atoms with Crippen LogP contribution in [-0.4, -0.2) is 23.7 Å². The van der Waals surface area contributed by atoms with Crippen molar-refractivity contribution in [1.82, 2.24) is 5.32 Å². The Bertz CT molecular complexity index is 785. The normalized spacial score (nSPS) is 17.8. The molecule has 3 rings (SSSR count). The molecule has 3 atom stereocenters. The van der Waals surface area contributed by atoms with Crippen LogP contribution in [0.4, 0.5) is 0 Å². The molecule has 2 unspecified atom stereocenters. The zero-order chi connectivity index (χ0) is 19.9. The highest BCUT2D eigenvalue weighted by molar-refractivity contribution is 5.85. The van der Waals surface area contributed by atoms with Crippen molar-refractivity contribution < 1.29 is 14.6 Å². The average Bonchev–Trinajstić information content (AvgIpc) is 2.87. The van der Waals surface area contributed by atoms with E-state index in [1.54, 1.807) is 0 Å². The molecule has 2 aromatic carbocycles. The van der Waals surface area contributed by atoms with Crippen LogP contribution in [0.15, 0.2) is 48.5 Å². The third-order valence-corrected chi connectivity index (χ3v) is 5.31. The summed E-state index contributed by atoms with van der Waals surface area (Å²) in [7, 11) is 0. The Balaban J connectivity index is 0.00000300. The van der Waals surface area contributed by atoms with Gasteiger partial charge in [-0.2, -0.15) is 0 Å². The monoisotopic (exact) mass is 418 g/mol. The number of carbonyl (C=O) groups excluding carboxylic acids is 1. The topological polar surface area (TPSA) is 84.6 Å². The predicted octanol–water partition coefficient (Wildman–Crippen LogP) is 3.53. The van der Waals surface area contributed by atoms with E-state index in [1.165, 1.54) is 18.1 Å². The van der Waals surface area contributed by atoms with Gasteiger partial charge in [0.2, 0.25) is 5.91 Å². The summed E-state index contributed by atoms with van der Waals surface area (Å²) in [6, 6.07) is 15.8. The van der Waals surface area contributed by atoms with Gasteiger partial charge in [0, 0.05) is 6.92 Å². The number of halogens is 1. The van der Waals surface area contributed by atoms with Crippen LogP contribution in [0, 0.1) is 5.92 Å². The molecule has 1 aliphatic rings. The van der Waals surface area contributed by atoms with Crippen molar-refractivity contribution >= 4 is 18.3 Å². The highest BCUT2D eigenvalue weighted by Crippen LogP contribution is 2.29. The standard InChI is InChI=1S/C23H30N2O3.ClH/c1-16(26)25-23(24)19-11-10-18-7-5-6-17(12-20(18)14-19)13-21(27)15-28-22-8-3-2-4-9-22;/h2-4,8-11,14,17,21,23,27H,5-7,12-13,15,24H2,1H3,(H,25,26);1H/t17?,21-,23?;/m0./s1. The van der Waals surface area contributed by atoms with Crippen LogP contribution in [-0.2, 0) is 17.6 Å². The van der Waals surface area contributed by atoms with Gasteiger partial charge in [-0.3, -0.25) is 4.79 Å². The number of amides is 1. The molecule has 1 aliphatic carbocycles. The Hall–Kier alpha value is -2.08. The van der Waals surface area contributed by atoms with E-state index >= 15 is 0 Å². The summed E-state index contributed by atoms with van der Waals surface area (Å²) in [5, 5.41) is 13.2. The SMILES string of the molecule is CC(=O)NC(N)c1ccc2c(c1)CC(C[C@H](O)COc1ccccc1)CCC2.Cl. The number of aliphatic hydroxyl groups excluding tert-OH is 1. The molecular weight excluding hydrogens is 388 g/mol. The zero-order valence-electron chi connectivity index (χ0n) is 16.8. The Labute approximate surface area is 179 Å². The van der Waals surface area contributed by atoms with Crippen LogP contribution in [0.5, 0.6) is 5.75 Å². The largest absolute Gasteiger partial charge is 0.491 e. The van der Waals surface area contributed by atoms with E-state index in [4.69, 9.17) is 10.5 Å². The molecule has 0 bridgehead atoms. The first-order valence-corrected chi connectivity index (χ1v) is 10.0. The van der Waals surface area contributed by atoms with E-state index in [1.807, 2.05) is 36.4 Å². The van der Waals surface area contributed by atoms with Gasteiger partial charge in [-0.1, -0.05) is 36.4 Å². The fourth-order valence-electron chi connectivity index (χ4n) is 3.93. The number of para-hydroxylation sites is 1. The smallest absolute Gasteiger partial charge is 0.218 e. The number of nitrogens with two attached hydrogens (primary N) is 1. The summed E-state index contributed by atoms with van der Waals surface area (Å²) in [4.78, 5) is 11.3. The fourth-order valence-corrected chi connectivity index (χ4v) is 3.93. The van der Waals surface area contributed by atoms with Gasteiger partial charge in [-0.15, -0.1) is 12.4 Å². The van der Waals surface area contributed by atoms with E-state index in [-0.39, 0.29) is 18.3 Å². The summed E-state index contributed by atoms with van der Waals surface area (Å²) in [6.45, 7) is 1.78. The number of benzene rings is 2. The van der Waals surface area contributed by atoms with Crippen molar-refractivity contribution in [3.8, 4) is 5.75 Å². The second-order valence-electron chi connectivity index (χ2n) is 7.68. The molecule has 0 aromatic heterocycles. The number of hydrogen-bond acceptors (Lipinski definition) is 4. The van der Waals surface area contributed by atoms with Crippen LogP contribution in [0.1, 0.15) is 49.0 Å². The number of hydrogen-bond donors (Lipinski definition) is 3. The second kappa shape index (κ2) is 11.2. The first kappa shape index (κ1) is 23.2. The highest BCUT2D eigenvalue weighted by Gasteiger charge is 2.21. The number of aliphatic hydroxyl groups is 1. The summed E-state index contributed by atoms with van der Waals surface area (Å²) in [6.07, 6.45) is 3.89. The van der Waals surface area contributed by atoms with Crippen molar-refractivity contribution in [3.05, 3.63) is 65.2 Å². The molecule has 0 aliphatic heterocycles. The number of rotatable bonds is 7. The molecule has 0 fully saturated rings. The molecule has 4 N–H and O–H groups in total. The molecule has 0 saturated heterocycles. The van der Waals surface area contributed by atoms with Crippen molar-refractivity contribution in [1.29, 1.82) is 0 Å². The molecule has 6 heteroatoms. The van der Waals surface area contributed by atoms with E-state index < -0.39 is 12.3 Å². The lowest BCUT2D eigenvalue weighted by Crippen LogP contribution is -2.32. The van der Waals surface area contributed by atoms with Crippen molar-refractivity contribution in [3.63, 3.8) is 0 Å². The van der Waals surface area contributed by atoms with Crippen molar-refractivity contribution in [2.75, 3.05) is 6.61 Å². The summed E-state index contributed by atoms with van der Waals surface area (Å²) < 4.78 is 5.69. The van der Waals surface area contributed by atoms with Gasteiger partial charge in [-0.05, 0) is 66.8 Å². The molecule has 29 heavy (non-hydrogen) atoms. The first-order chi connectivity index (χ1) is 13.5. The molecule has 0 saturated carbocycles. The molecule has 0 spiro atoms.